The van der Waals surface area contributed by atoms with Crippen LogP contribution in [-0.2, 0) is 12.8 Å². The van der Waals surface area contributed by atoms with Gasteiger partial charge in [0.05, 0.1) is 0 Å². The lowest BCUT2D eigenvalue weighted by atomic mass is 9.99. The summed E-state index contributed by atoms with van der Waals surface area (Å²) in [5.74, 6) is 0. The Balaban J connectivity index is 2.97. The van der Waals surface area contributed by atoms with Gasteiger partial charge in [-0.1, -0.05) is 25.1 Å². The molecule has 66 valence electrons. The van der Waals surface area contributed by atoms with Crippen molar-refractivity contribution in [1.29, 1.82) is 0 Å². The maximum absolute atomic E-state index is 8.81. The lowest BCUT2D eigenvalue weighted by Gasteiger charge is -2.08. The highest BCUT2D eigenvalue weighted by Crippen LogP contribution is 2.14. The van der Waals surface area contributed by atoms with Crippen molar-refractivity contribution < 1.29 is 5.11 Å². The molecule has 0 saturated carbocycles. The van der Waals surface area contributed by atoms with Crippen molar-refractivity contribution in [2.75, 3.05) is 6.61 Å². The van der Waals surface area contributed by atoms with Gasteiger partial charge in [-0.2, -0.15) is 0 Å². The zero-order valence-electron chi connectivity index (χ0n) is 7.80. The first-order valence-electron chi connectivity index (χ1n) is 4.47. The maximum Gasteiger partial charge on any atom is 0.0471 e. The molecule has 0 aliphatic heterocycles. The number of aliphatic hydroxyl groups is 1. The third-order valence-corrected chi connectivity index (χ3v) is 2.32. The number of aryl methyl sites for hydroxylation is 1. The average Bonchev–Trinajstić information content (AvgIpc) is 2.09. The molecule has 0 aromatic heterocycles. The van der Waals surface area contributed by atoms with E-state index in [4.69, 9.17) is 5.11 Å². The summed E-state index contributed by atoms with van der Waals surface area (Å²) in [6, 6.07) is 6.30. The molecule has 0 aliphatic rings. The van der Waals surface area contributed by atoms with Gasteiger partial charge >= 0.3 is 0 Å². The summed E-state index contributed by atoms with van der Waals surface area (Å²) in [5, 5.41) is 8.81. The SMILES string of the molecule is CCc1cccc(CCO)c1C. The van der Waals surface area contributed by atoms with Gasteiger partial charge in [0.1, 0.15) is 0 Å². The largest absolute Gasteiger partial charge is 0.396 e. The molecule has 1 aromatic rings. The Labute approximate surface area is 74.1 Å². The van der Waals surface area contributed by atoms with E-state index in [1.807, 2.05) is 0 Å². The van der Waals surface area contributed by atoms with Crippen LogP contribution in [0.5, 0.6) is 0 Å². The molecule has 0 radical (unpaired) electrons. The van der Waals surface area contributed by atoms with E-state index in [0.717, 1.165) is 12.8 Å². The summed E-state index contributed by atoms with van der Waals surface area (Å²) in [6.45, 7) is 4.53. The topological polar surface area (TPSA) is 20.2 Å². The van der Waals surface area contributed by atoms with Crippen molar-refractivity contribution >= 4 is 0 Å². The Morgan fingerprint density at radius 1 is 1.25 bits per heavy atom. The third kappa shape index (κ3) is 1.86. The predicted octanol–water partition coefficient (Wildman–Crippen LogP) is 2.09. The molecular weight excluding hydrogens is 148 g/mol. The van der Waals surface area contributed by atoms with Gasteiger partial charge in [-0.3, -0.25) is 0 Å². The molecule has 0 bridgehead atoms. The fraction of sp³-hybridized carbons (Fsp3) is 0.455. The lowest BCUT2D eigenvalue weighted by Crippen LogP contribution is -1.97. The minimum atomic E-state index is 0.244. The molecule has 0 fully saturated rings. The summed E-state index contributed by atoms with van der Waals surface area (Å²) in [5.41, 5.74) is 4.01. The van der Waals surface area contributed by atoms with E-state index in [2.05, 4.69) is 32.0 Å². The smallest absolute Gasteiger partial charge is 0.0471 e. The summed E-state index contributed by atoms with van der Waals surface area (Å²) < 4.78 is 0. The van der Waals surface area contributed by atoms with E-state index in [-0.39, 0.29) is 6.61 Å². The fourth-order valence-electron chi connectivity index (χ4n) is 1.51. The molecule has 0 atom stereocenters. The van der Waals surface area contributed by atoms with E-state index >= 15 is 0 Å². The molecule has 0 unspecified atom stereocenters. The van der Waals surface area contributed by atoms with Gasteiger partial charge < -0.3 is 5.11 Å². The molecule has 0 heterocycles. The zero-order chi connectivity index (χ0) is 8.97. The predicted molar refractivity (Wildman–Crippen MR) is 51.3 cm³/mol. The van der Waals surface area contributed by atoms with Gasteiger partial charge in [-0.15, -0.1) is 0 Å². The van der Waals surface area contributed by atoms with Crippen LogP contribution >= 0.6 is 0 Å². The summed E-state index contributed by atoms with van der Waals surface area (Å²) in [6.07, 6.45) is 1.85. The van der Waals surface area contributed by atoms with Gasteiger partial charge in [-0.25, -0.2) is 0 Å². The Hall–Kier alpha value is -0.820. The second-order valence-electron chi connectivity index (χ2n) is 3.03. The van der Waals surface area contributed by atoms with E-state index in [1.165, 1.54) is 16.7 Å². The van der Waals surface area contributed by atoms with Gasteiger partial charge in [0.15, 0.2) is 0 Å². The van der Waals surface area contributed by atoms with Crippen molar-refractivity contribution in [2.24, 2.45) is 0 Å². The number of hydrogen-bond donors (Lipinski definition) is 1. The lowest BCUT2D eigenvalue weighted by molar-refractivity contribution is 0.299. The van der Waals surface area contributed by atoms with Crippen molar-refractivity contribution in [3.63, 3.8) is 0 Å². The normalized spacial score (nSPS) is 10.2. The number of benzene rings is 1. The van der Waals surface area contributed by atoms with E-state index < -0.39 is 0 Å². The average molecular weight is 164 g/mol. The highest BCUT2D eigenvalue weighted by atomic mass is 16.2. The van der Waals surface area contributed by atoms with Crippen LogP contribution in [0.25, 0.3) is 0 Å². The second-order valence-corrected chi connectivity index (χ2v) is 3.03. The van der Waals surface area contributed by atoms with E-state index in [9.17, 15) is 0 Å². The molecule has 1 N–H and O–H groups in total. The fourth-order valence-corrected chi connectivity index (χ4v) is 1.51. The highest BCUT2D eigenvalue weighted by molar-refractivity contribution is 5.34. The van der Waals surface area contributed by atoms with Crippen molar-refractivity contribution in [3.8, 4) is 0 Å². The Morgan fingerprint density at radius 3 is 2.50 bits per heavy atom. The highest BCUT2D eigenvalue weighted by Gasteiger charge is 2.00. The van der Waals surface area contributed by atoms with Crippen LogP contribution in [-0.4, -0.2) is 11.7 Å². The third-order valence-electron chi connectivity index (χ3n) is 2.32. The van der Waals surface area contributed by atoms with E-state index in [1.54, 1.807) is 0 Å². The first-order chi connectivity index (χ1) is 5.79. The van der Waals surface area contributed by atoms with Gasteiger partial charge in [0, 0.05) is 6.61 Å². The monoisotopic (exact) mass is 164 g/mol. The Bertz CT molecular complexity index is 253. The zero-order valence-corrected chi connectivity index (χ0v) is 7.80. The molecule has 1 aromatic carbocycles. The molecule has 1 heteroatoms. The number of hydrogen-bond acceptors (Lipinski definition) is 1. The van der Waals surface area contributed by atoms with Gasteiger partial charge in [0.2, 0.25) is 0 Å². The standard InChI is InChI=1S/C11H16O/c1-3-10-5-4-6-11(7-8-12)9(10)2/h4-6,12H,3,7-8H2,1-2H3. The molecule has 1 nitrogen and oxygen atoms in total. The second kappa shape index (κ2) is 4.27. The van der Waals surface area contributed by atoms with E-state index in [0.29, 0.717) is 0 Å². The number of rotatable bonds is 3. The summed E-state index contributed by atoms with van der Waals surface area (Å²) in [4.78, 5) is 0. The molecule has 0 amide bonds. The van der Waals surface area contributed by atoms with Crippen LogP contribution in [0.15, 0.2) is 18.2 Å². The first-order valence-corrected chi connectivity index (χ1v) is 4.47. The van der Waals surface area contributed by atoms with Crippen LogP contribution in [0.3, 0.4) is 0 Å². The van der Waals surface area contributed by atoms with Crippen LogP contribution in [0.2, 0.25) is 0 Å². The maximum atomic E-state index is 8.81. The van der Waals surface area contributed by atoms with Crippen LogP contribution in [0.1, 0.15) is 23.6 Å². The minimum absolute atomic E-state index is 0.244. The molecule has 0 aliphatic carbocycles. The van der Waals surface area contributed by atoms with Crippen LogP contribution < -0.4 is 0 Å². The molecular formula is C11H16O. The summed E-state index contributed by atoms with van der Waals surface area (Å²) >= 11 is 0. The molecule has 1 rings (SSSR count). The Kier molecular flexibility index (Phi) is 3.30. The Morgan fingerprint density at radius 2 is 1.92 bits per heavy atom. The number of aliphatic hydroxyl groups excluding tert-OH is 1. The van der Waals surface area contributed by atoms with Crippen LogP contribution in [0.4, 0.5) is 0 Å². The van der Waals surface area contributed by atoms with Crippen molar-refractivity contribution in [3.05, 3.63) is 34.9 Å². The molecule has 0 saturated heterocycles. The quantitative estimate of drug-likeness (QED) is 0.725. The first kappa shape index (κ1) is 9.27. The van der Waals surface area contributed by atoms with Gasteiger partial charge in [-0.05, 0) is 36.5 Å². The van der Waals surface area contributed by atoms with Gasteiger partial charge in [0.25, 0.3) is 0 Å². The summed E-state index contributed by atoms with van der Waals surface area (Å²) in [7, 11) is 0. The van der Waals surface area contributed by atoms with Crippen molar-refractivity contribution in [1.82, 2.24) is 0 Å². The minimum Gasteiger partial charge on any atom is -0.396 e. The molecule has 12 heavy (non-hydrogen) atoms. The van der Waals surface area contributed by atoms with Crippen molar-refractivity contribution in [2.45, 2.75) is 26.7 Å². The molecule has 0 spiro atoms. The van der Waals surface area contributed by atoms with Crippen LogP contribution in [0, 0.1) is 6.92 Å².